The molecule has 0 radical (unpaired) electrons. The van der Waals surface area contributed by atoms with Gasteiger partial charge in [0.1, 0.15) is 5.82 Å². The maximum atomic E-state index is 10.8. The molecule has 1 spiro atoms. The van der Waals surface area contributed by atoms with E-state index in [0.717, 1.165) is 25.2 Å². The first-order valence-electron chi connectivity index (χ1n) is 6.41. The Kier molecular flexibility index (Phi) is 3.12. The van der Waals surface area contributed by atoms with E-state index in [1.54, 1.807) is 12.1 Å². The third kappa shape index (κ3) is 2.41. The zero-order valence-corrected chi connectivity index (χ0v) is 10.5. The summed E-state index contributed by atoms with van der Waals surface area (Å²) in [5.41, 5.74) is 0.198. The van der Waals surface area contributed by atoms with Gasteiger partial charge in [0, 0.05) is 19.2 Å². The Morgan fingerprint density at radius 3 is 2.79 bits per heavy atom. The molecular weight excluding hydrogens is 248 g/mol. The molecule has 0 aromatic carbocycles. The van der Waals surface area contributed by atoms with Crippen LogP contribution in [0, 0.1) is 0 Å². The van der Waals surface area contributed by atoms with Gasteiger partial charge in [0.15, 0.2) is 5.79 Å². The van der Waals surface area contributed by atoms with Gasteiger partial charge in [0.25, 0.3) is 0 Å². The Morgan fingerprint density at radius 2 is 2.16 bits per heavy atom. The summed E-state index contributed by atoms with van der Waals surface area (Å²) in [6.07, 6.45) is 3.26. The molecule has 0 unspecified atom stereocenters. The molecule has 0 atom stereocenters. The lowest BCUT2D eigenvalue weighted by atomic mass is 10.0. The van der Waals surface area contributed by atoms with Crippen molar-refractivity contribution in [1.82, 2.24) is 4.98 Å². The fourth-order valence-electron chi connectivity index (χ4n) is 2.62. The molecule has 0 saturated carbocycles. The van der Waals surface area contributed by atoms with Crippen molar-refractivity contribution in [1.29, 1.82) is 0 Å². The highest BCUT2D eigenvalue weighted by molar-refractivity contribution is 5.87. The second-order valence-corrected chi connectivity index (χ2v) is 4.84. The van der Waals surface area contributed by atoms with Crippen LogP contribution in [0.4, 0.5) is 5.82 Å². The van der Waals surface area contributed by atoms with Gasteiger partial charge in [-0.15, -0.1) is 0 Å². The van der Waals surface area contributed by atoms with Gasteiger partial charge in [-0.1, -0.05) is 0 Å². The summed E-state index contributed by atoms with van der Waals surface area (Å²) < 4.78 is 11.4. The molecule has 2 aliphatic heterocycles. The van der Waals surface area contributed by atoms with Crippen LogP contribution in [0.3, 0.4) is 0 Å². The predicted molar refractivity (Wildman–Crippen MR) is 67.3 cm³/mol. The monoisotopic (exact) mass is 264 g/mol. The topological polar surface area (TPSA) is 71.9 Å². The molecule has 2 fully saturated rings. The summed E-state index contributed by atoms with van der Waals surface area (Å²) in [6.45, 7) is 2.80. The van der Waals surface area contributed by atoms with Gasteiger partial charge in [0.05, 0.1) is 25.3 Å². The van der Waals surface area contributed by atoms with Gasteiger partial charge in [-0.05, 0) is 18.6 Å². The predicted octanol–water partition coefficient (Wildman–Crippen LogP) is 1.12. The van der Waals surface area contributed by atoms with E-state index in [1.165, 1.54) is 6.20 Å². The number of carbonyl (C=O) groups is 1. The molecule has 1 aromatic rings. The number of piperidine rings is 1. The molecule has 0 amide bonds. The number of aromatic nitrogens is 1. The highest BCUT2D eigenvalue weighted by atomic mass is 16.7. The maximum absolute atomic E-state index is 10.8. The molecule has 19 heavy (non-hydrogen) atoms. The van der Waals surface area contributed by atoms with Gasteiger partial charge in [-0.2, -0.15) is 0 Å². The molecule has 102 valence electrons. The van der Waals surface area contributed by atoms with E-state index >= 15 is 0 Å². The fraction of sp³-hybridized carbons (Fsp3) is 0.538. The first kappa shape index (κ1) is 12.4. The van der Waals surface area contributed by atoms with Crippen molar-refractivity contribution in [2.75, 3.05) is 31.2 Å². The standard InChI is InChI=1S/C13H16N2O4/c16-12(17)10-2-3-11(14-8-10)15-5-1-4-13(9-15)18-6-7-19-13/h2-3,8H,1,4-7,9H2,(H,16,17). The smallest absolute Gasteiger partial charge is 0.337 e. The van der Waals surface area contributed by atoms with Crippen molar-refractivity contribution < 1.29 is 19.4 Å². The number of carboxylic acid groups (broad SMARTS) is 1. The zero-order valence-electron chi connectivity index (χ0n) is 10.5. The summed E-state index contributed by atoms with van der Waals surface area (Å²) in [5.74, 6) is -0.689. The minimum atomic E-state index is -0.961. The summed E-state index contributed by atoms with van der Waals surface area (Å²) in [5, 5.41) is 8.86. The van der Waals surface area contributed by atoms with Crippen molar-refractivity contribution in [3.63, 3.8) is 0 Å². The highest BCUT2D eigenvalue weighted by Gasteiger charge is 2.41. The second kappa shape index (κ2) is 4.79. The van der Waals surface area contributed by atoms with Crippen LogP contribution in [0.15, 0.2) is 18.3 Å². The number of carboxylic acids is 1. The Bertz CT molecular complexity index is 468. The Balaban J connectivity index is 1.76. The van der Waals surface area contributed by atoms with Crippen molar-refractivity contribution in [3.05, 3.63) is 23.9 Å². The first-order chi connectivity index (χ1) is 9.19. The van der Waals surface area contributed by atoms with E-state index in [0.29, 0.717) is 19.8 Å². The van der Waals surface area contributed by atoms with Crippen molar-refractivity contribution in [2.24, 2.45) is 0 Å². The van der Waals surface area contributed by atoms with Gasteiger partial charge in [-0.3, -0.25) is 0 Å². The van der Waals surface area contributed by atoms with Crippen molar-refractivity contribution in [3.8, 4) is 0 Å². The van der Waals surface area contributed by atoms with E-state index in [9.17, 15) is 4.79 Å². The highest BCUT2D eigenvalue weighted by Crippen LogP contribution is 2.31. The lowest BCUT2D eigenvalue weighted by Crippen LogP contribution is -2.49. The SMILES string of the molecule is O=C(O)c1ccc(N2CCCC3(C2)OCCO3)nc1. The Morgan fingerprint density at radius 1 is 1.37 bits per heavy atom. The van der Waals surface area contributed by atoms with Crippen LogP contribution >= 0.6 is 0 Å². The molecule has 1 N–H and O–H groups in total. The third-order valence-electron chi connectivity index (χ3n) is 3.55. The van der Waals surface area contributed by atoms with E-state index in [4.69, 9.17) is 14.6 Å². The third-order valence-corrected chi connectivity index (χ3v) is 3.55. The maximum Gasteiger partial charge on any atom is 0.337 e. The van der Waals surface area contributed by atoms with Crippen LogP contribution in [0.5, 0.6) is 0 Å². The van der Waals surface area contributed by atoms with Crippen LogP contribution in [0.1, 0.15) is 23.2 Å². The van der Waals surface area contributed by atoms with E-state index in [2.05, 4.69) is 9.88 Å². The van der Waals surface area contributed by atoms with Gasteiger partial charge in [0.2, 0.25) is 0 Å². The molecule has 3 heterocycles. The van der Waals surface area contributed by atoms with E-state index in [-0.39, 0.29) is 5.56 Å². The largest absolute Gasteiger partial charge is 0.478 e. The number of pyridine rings is 1. The van der Waals surface area contributed by atoms with Gasteiger partial charge < -0.3 is 19.5 Å². The number of rotatable bonds is 2. The average Bonchev–Trinajstić information content (AvgIpc) is 2.87. The summed E-state index contributed by atoms with van der Waals surface area (Å²) in [6, 6.07) is 3.31. The Hall–Kier alpha value is -1.66. The number of nitrogens with zero attached hydrogens (tertiary/aromatic N) is 2. The molecule has 6 heteroatoms. The summed E-state index contributed by atoms with van der Waals surface area (Å²) in [4.78, 5) is 17.1. The average molecular weight is 264 g/mol. The lowest BCUT2D eigenvalue weighted by molar-refractivity contribution is -0.161. The summed E-state index contributed by atoms with van der Waals surface area (Å²) >= 11 is 0. The number of hydrogen-bond acceptors (Lipinski definition) is 5. The van der Waals surface area contributed by atoms with Crippen LogP contribution in [-0.4, -0.2) is 48.2 Å². The number of ether oxygens (including phenoxy) is 2. The molecule has 3 rings (SSSR count). The molecule has 2 saturated heterocycles. The quantitative estimate of drug-likeness (QED) is 0.863. The minimum absolute atomic E-state index is 0.198. The second-order valence-electron chi connectivity index (χ2n) is 4.84. The first-order valence-corrected chi connectivity index (χ1v) is 6.41. The number of aromatic carboxylic acids is 1. The number of anilines is 1. The number of hydrogen-bond donors (Lipinski definition) is 1. The van der Waals surface area contributed by atoms with Crippen molar-refractivity contribution >= 4 is 11.8 Å². The molecule has 2 aliphatic rings. The minimum Gasteiger partial charge on any atom is -0.478 e. The Labute approximate surface area is 111 Å². The zero-order chi connectivity index (χ0) is 13.3. The van der Waals surface area contributed by atoms with Crippen LogP contribution < -0.4 is 4.90 Å². The lowest BCUT2D eigenvalue weighted by Gasteiger charge is -2.39. The fourth-order valence-corrected chi connectivity index (χ4v) is 2.62. The normalized spacial score (nSPS) is 21.8. The van der Waals surface area contributed by atoms with Crippen LogP contribution in [0.25, 0.3) is 0 Å². The molecule has 6 nitrogen and oxygen atoms in total. The molecular formula is C13H16N2O4. The van der Waals surface area contributed by atoms with Gasteiger partial charge >= 0.3 is 5.97 Å². The molecule has 0 aliphatic carbocycles. The van der Waals surface area contributed by atoms with Crippen molar-refractivity contribution in [2.45, 2.75) is 18.6 Å². The molecule has 1 aromatic heterocycles. The van der Waals surface area contributed by atoms with Crippen LogP contribution in [-0.2, 0) is 9.47 Å². The van der Waals surface area contributed by atoms with E-state index in [1.807, 2.05) is 0 Å². The molecule has 0 bridgehead atoms. The van der Waals surface area contributed by atoms with Gasteiger partial charge in [-0.25, -0.2) is 9.78 Å². The van der Waals surface area contributed by atoms with Crippen LogP contribution in [0.2, 0.25) is 0 Å². The van der Waals surface area contributed by atoms with E-state index < -0.39 is 11.8 Å². The summed E-state index contributed by atoms with van der Waals surface area (Å²) in [7, 11) is 0.